The van der Waals surface area contributed by atoms with Gasteiger partial charge in [0.1, 0.15) is 23.3 Å². The zero-order valence-electron chi connectivity index (χ0n) is 21.6. The maximum absolute atomic E-state index is 13.2. The number of β-lactam (4-membered cyclic amide) rings is 1. The predicted molar refractivity (Wildman–Crippen MR) is 147 cm³/mol. The largest absolute Gasteiger partial charge is 0.543 e. The summed E-state index contributed by atoms with van der Waals surface area (Å²) in [4.78, 5) is 64.5. The Bertz CT molecular complexity index is 1480. The maximum atomic E-state index is 13.2. The molecule has 2 aromatic heterocycles. The van der Waals surface area contributed by atoms with Crippen LogP contribution in [0.1, 0.15) is 26.0 Å². The number of carboxylic acids is 2. The molecule has 0 saturated carbocycles. The first-order valence-corrected chi connectivity index (χ1v) is 14.7. The molecule has 0 aromatic carbocycles. The zero-order valence-corrected chi connectivity index (χ0v) is 24.0. The van der Waals surface area contributed by atoms with Crippen LogP contribution in [0.15, 0.2) is 39.2 Å². The number of nitrogens with two attached hydrogens (primary N) is 3. The minimum absolute atomic E-state index is 0.00991. The number of oxime groups is 1. The molecule has 4 rings (SSSR count). The molecular weight excluding hydrogens is 598 g/mol. The summed E-state index contributed by atoms with van der Waals surface area (Å²) in [5.41, 5.74) is 9.37. The van der Waals surface area contributed by atoms with E-state index < -0.39 is 46.5 Å². The van der Waals surface area contributed by atoms with E-state index in [1.54, 1.807) is 6.92 Å². The van der Waals surface area contributed by atoms with Crippen LogP contribution in [0.2, 0.25) is 0 Å². The topological polar surface area (TPSA) is 256 Å². The normalized spacial score (nSPS) is 20.1. The second-order valence-corrected chi connectivity index (χ2v) is 11.9. The molecule has 8 N–H and O–H groups in total. The van der Waals surface area contributed by atoms with Crippen LogP contribution in [-0.4, -0.2) is 78.0 Å². The lowest BCUT2D eigenvalue weighted by molar-refractivity contribution is -0.682. The van der Waals surface area contributed by atoms with Gasteiger partial charge < -0.3 is 36.6 Å². The Morgan fingerprint density at radius 1 is 1.39 bits per heavy atom. The number of aromatic nitrogens is 3. The van der Waals surface area contributed by atoms with Crippen LogP contribution < -0.4 is 32.4 Å². The Hall–Kier alpha value is -4.10. The van der Waals surface area contributed by atoms with Crippen LogP contribution in [-0.2, 0) is 24.0 Å². The van der Waals surface area contributed by atoms with Gasteiger partial charge in [0.05, 0.1) is 11.7 Å². The second-order valence-electron chi connectivity index (χ2n) is 8.92. The lowest BCUT2D eigenvalue weighted by atomic mass is 10.0. The molecule has 0 radical (unpaired) electrons. The van der Waals surface area contributed by atoms with Crippen molar-refractivity contribution in [1.82, 2.24) is 20.2 Å². The van der Waals surface area contributed by atoms with Crippen LogP contribution in [0.5, 0.6) is 0 Å². The molecule has 2 aliphatic heterocycles. The number of anilines is 2. The number of thiazole rings is 1. The van der Waals surface area contributed by atoms with Crippen molar-refractivity contribution in [2.24, 2.45) is 5.16 Å². The number of aliphatic carboxylic acids is 2. The third-order valence-corrected chi connectivity index (χ3v) is 9.27. The number of nitrogens with one attached hydrogen (secondary N) is 1. The average molecular weight is 624 g/mol. The van der Waals surface area contributed by atoms with Crippen molar-refractivity contribution in [2.75, 3.05) is 28.8 Å². The van der Waals surface area contributed by atoms with Crippen molar-refractivity contribution in [3.8, 4) is 0 Å². The lowest BCUT2D eigenvalue weighted by Crippen LogP contribution is -2.71. The smallest absolute Gasteiger partial charge is 0.384 e. The highest BCUT2D eigenvalue weighted by Crippen LogP contribution is 2.41. The van der Waals surface area contributed by atoms with Gasteiger partial charge in [0, 0.05) is 23.0 Å². The molecule has 16 nitrogen and oxygen atoms in total. The molecule has 0 aliphatic carbocycles. The fraction of sp³-hybridized carbons (Fsp3) is 0.364. The molecule has 2 aromatic rings. The zero-order chi connectivity index (χ0) is 30.1. The Kier molecular flexibility index (Phi) is 8.59. The van der Waals surface area contributed by atoms with E-state index in [1.165, 1.54) is 41.0 Å². The van der Waals surface area contributed by atoms with E-state index in [0.717, 1.165) is 28.0 Å². The van der Waals surface area contributed by atoms with Gasteiger partial charge in [-0.2, -0.15) is 0 Å². The van der Waals surface area contributed by atoms with E-state index in [-0.39, 0.29) is 40.3 Å². The van der Waals surface area contributed by atoms with Gasteiger partial charge in [-0.15, -0.1) is 27.8 Å². The molecule has 41 heavy (non-hydrogen) atoms. The number of carbonyl (C=O) groups is 4. The van der Waals surface area contributed by atoms with Gasteiger partial charge in [0.25, 0.3) is 11.8 Å². The third-order valence-electron chi connectivity index (χ3n) is 6.20. The molecule has 1 fully saturated rings. The number of carboxylic acid groups (broad SMARTS) is 2. The summed E-state index contributed by atoms with van der Waals surface area (Å²) in [6, 6.07) is 0.390. The number of carbonyl (C=O) groups excluding carboxylic acids is 3. The Morgan fingerprint density at radius 2 is 2.12 bits per heavy atom. The lowest BCUT2D eigenvalue weighted by Gasteiger charge is -2.50. The van der Waals surface area contributed by atoms with E-state index in [9.17, 15) is 29.4 Å². The van der Waals surface area contributed by atoms with Gasteiger partial charge in [-0.3, -0.25) is 20.3 Å². The Labute approximate surface area is 245 Å². The fourth-order valence-electron chi connectivity index (χ4n) is 3.68. The number of nitrogens with zero attached hydrogens (tertiary/aromatic N) is 5. The molecule has 4 heterocycles. The van der Waals surface area contributed by atoms with Gasteiger partial charge in [0.15, 0.2) is 10.8 Å². The van der Waals surface area contributed by atoms with Gasteiger partial charge in [-0.25, -0.2) is 9.78 Å². The van der Waals surface area contributed by atoms with Crippen LogP contribution in [0.25, 0.3) is 0 Å². The quantitative estimate of drug-likeness (QED) is 0.0341. The number of hydrogen-bond donors (Lipinski definition) is 5. The third kappa shape index (κ3) is 6.00. The number of fused-ring (bicyclic) bond motifs is 1. The molecule has 218 valence electrons. The predicted octanol–water partition coefficient (Wildman–Crippen LogP) is -2.13. The highest BCUT2D eigenvalue weighted by atomic mass is 32.2. The summed E-state index contributed by atoms with van der Waals surface area (Å²) in [7, 11) is 0. The summed E-state index contributed by atoms with van der Waals surface area (Å²) >= 11 is 3.39. The maximum Gasteiger partial charge on any atom is 0.384 e. The SMILES string of the molecule is CC[C@@](C)(O/N=C(\C(=O)NC1C(=O)N2C(C(=O)[O-])=C(CSc3nc(N)cc[n+]3N)CS[C@H]12)c1csc(N)n1)C(=O)O. The van der Waals surface area contributed by atoms with Gasteiger partial charge in [0.2, 0.25) is 11.4 Å². The van der Waals surface area contributed by atoms with Crippen molar-refractivity contribution < 1.29 is 38.9 Å². The van der Waals surface area contributed by atoms with E-state index in [1.807, 2.05) is 0 Å². The van der Waals surface area contributed by atoms with Gasteiger partial charge in [-0.05, 0) is 35.7 Å². The van der Waals surface area contributed by atoms with Gasteiger partial charge in [-0.1, -0.05) is 12.1 Å². The standard InChI is InChI=1S/C22H25N9O7S3/c1-3-22(2,19(36)37)38-29-12(10-8-40-20(24)26-10)15(32)28-13-16(33)31-14(18(34)35)9(6-39-17(13)31)7-41-21-27-11(23)4-5-30(21)25/h4-5,8,13,17,23H,3,6-7,25H2,1-2H3,(H5,24,26,28,32,34,35,36,37)/b29-12-/t13?,17-,22-/m1/s1. The molecule has 2 aliphatic rings. The van der Waals surface area contributed by atoms with E-state index >= 15 is 0 Å². The monoisotopic (exact) mass is 623 g/mol. The summed E-state index contributed by atoms with van der Waals surface area (Å²) in [5, 5.41) is 29.0. The molecule has 3 atom stereocenters. The summed E-state index contributed by atoms with van der Waals surface area (Å²) in [6.45, 7) is 2.86. The van der Waals surface area contributed by atoms with E-state index in [2.05, 4.69) is 20.4 Å². The number of amides is 2. The van der Waals surface area contributed by atoms with E-state index in [0.29, 0.717) is 10.7 Å². The van der Waals surface area contributed by atoms with Crippen molar-refractivity contribution in [3.05, 3.63) is 34.6 Å². The first-order valence-electron chi connectivity index (χ1n) is 11.8. The summed E-state index contributed by atoms with van der Waals surface area (Å²) < 4.78 is 1.23. The van der Waals surface area contributed by atoms with Crippen LogP contribution in [0, 0.1) is 0 Å². The average Bonchev–Trinajstić information content (AvgIpc) is 3.36. The van der Waals surface area contributed by atoms with Crippen LogP contribution >= 0.6 is 34.9 Å². The number of hydrogen-bond acceptors (Lipinski definition) is 15. The summed E-state index contributed by atoms with van der Waals surface area (Å²) in [6.07, 6.45) is 1.54. The van der Waals surface area contributed by atoms with Crippen molar-refractivity contribution in [2.45, 2.75) is 42.4 Å². The van der Waals surface area contributed by atoms with E-state index in [4.69, 9.17) is 22.1 Å². The molecule has 0 bridgehead atoms. The summed E-state index contributed by atoms with van der Waals surface area (Å²) in [5.74, 6) is 2.00. The molecule has 1 unspecified atom stereocenters. The number of thioether (sulfide) groups is 2. The van der Waals surface area contributed by atoms with Crippen LogP contribution in [0.4, 0.5) is 10.9 Å². The first-order chi connectivity index (χ1) is 19.4. The number of nitrogen functional groups attached to an aromatic ring is 3. The highest BCUT2D eigenvalue weighted by Gasteiger charge is 2.53. The van der Waals surface area contributed by atoms with Crippen LogP contribution in [0.3, 0.4) is 0 Å². The molecule has 0 spiro atoms. The van der Waals surface area contributed by atoms with Crippen molar-refractivity contribution in [1.29, 1.82) is 0 Å². The van der Waals surface area contributed by atoms with Gasteiger partial charge >= 0.3 is 11.1 Å². The minimum Gasteiger partial charge on any atom is -0.543 e. The molecular formula is C22H25N9O7S3. The van der Waals surface area contributed by atoms with Crippen molar-refractivity contribution in [3.63, 3.8) is 0 Å². The first kappa shape index (κ1) is 29.9. The highest BCUT2D eigenvalue weighted by molar-refractivity contribution is 8.01. The second kappa shape index (κ2) is 11.8. The number of rotatable bonds is 11. The Balaban J connectivity index is 1.53. The molecule has 1 saturated heterocycles. The molecule has 19 heteroatoms. The molecule has 2 amide bonds. The Morgan fingerprint density at radius 3 is 2.73 bits per heavy atom. The van der Waals surface area contributed by atoms with Crippen molar-refractivity contribution >= 4 is 75.3 Å². The minimum atomic E-state index is -1.73. The fourth-order valence-corrected chi connectivity index (χ4v) is 6.62.